The maximum atomic E-state index is 15.3. The number of hydrogen-bond acceptors (Lipinski definition) is 1. The average Bonchev–Trinajstić information content (AvgIpc) is 2.83. The van der Waals surface area contributed by atoms with Crippen LogP contribution >= 0.6 is 0 Å². The van der Waals surface area contributed by atoms with Gasteiger partial charge < -0.3 is 4.74 Å². The molecule has 0 aromatic heterocycles. The van der Waals surface area contributed by atoms with Crippen molar-refractivity contribution in [3.63, 3.8) is 0 Å². The second kappa shape index (κ2) is 11.3. The minimum atomic E-state index is -5.07. The molecule has 1 saturated carbocycles. The molecule has 36 heavy (non-hydrogen) atoms. The summed E-state index contributed by atoms with van der Waals surface area (Å²) in [7, 11) is 0. The third kappa shape index (κ3) is 6.46. The minimum Gasteiger partial charge on any atom is -0.403 e. The van der Waals surface area contributed by atoms with Gasteiger partial charge in [0, 0.05) is 0 Å². The predicted molar refractivity (Wildman–Crippen MR) is 129 cm³/mol. The van der Waals surface area contributed by atoms with E-state index in [0.29, 0.717) is 36.0 Å². The summed E-state index contributed by atoms with van der Waals surface area (Å²) < 4.78 is 85.2. The van der Waals surface area contributed by atoms with Crippen LogP contribution in [0.1, 0.15) is 82.3 Å². The Balaban J connectivity index is 1.45. The van der Waals surface area contributed by atoms with Crippen molar-refractivity contribution in [2.24, 2.45) is 11.8 Å². The smallest absolute Gasteiger partial charge is 0.403 e. The Kier molecular flexibility index (Phi) is 8.36. The van der Waals surface area contributed by atoms with Gasteiger partial charge in [0.05, 0.1) is 5.56 Å². The summed E-state index contributed by atoms with van der Waals surface area (Å²) >= 11 is 0. The van der Waals surface area contributed by atoms with Crippen LogP contribution in [0.5, 0.6) is 5.75 Å². The molecule has 0 radical (unpaired) electrons. The molecule has 0 heterocycles. The van der Waals surface area contributed by atoms with Crippen molar-refractivity contribution >= 4 is 6.08 Å². The van der Waals surface area contributed by atoms with Gasteiger partial charge in [-0.1, -0.05) is 69.6 Å². The van der Waals surface area contributed by atoms with E-state index in [1.54, 1.807) is 0 Å². The first-order chi connectivity index (χ1) is 17.1. The number of benzene rings is 2. The molecule has 0 spiro atoms. The standard InChI is InChI=1S/C29H32F6O/c1-2-3-4-18-5-7-19(8-6-18)9-10-20-11-13-23-22(15-20)17-25(31)27(28(23)32)21-12-14-26(24(30)16-21)36-29(33,34)35/h12,14-19H,2-11,13H2,1H3. The highest BCUT2D eigenvalue weighted by Gasteiger charge is 2.32. The topological polar surface area (TPSA) is 9.23 Å². The molecule has 0 bridgehead atoms. The molecule has 2 aliphatic carbocycles. The van der Waals surface area contributed by atoms with Gasteiger partial charge >= 0.3 is 6.36 Å². The Morgan fingerprint density at radius 2 is 1.58 bits per heavy atom. The van der Waals surface area contributed by atoms with Gasteiger partial charge in [0.1, 0.15) is 11.6 Å². The molecule has 0 amide bonds. The molecule has 7 heteroatoms. The maximum absolute atomic E-state index is 15.3. The summed E-state index contributed by atoms with van der Waals surface area (Å²) in [5.74, 6) is -2.49. The Morgan fingerprint density at radius 1 is 0.889 bits per heavy atom. The molecule has 0 N–H and O–H groups in total. The van der Waals surface area contributed by atoms with E-state index in [-0.39, 0.29) is 5.56 Å². The lowest BCUT2D eigenvalue weighted by Crippen LogP contribution is -2.18. The molecule has 0 unspecified atom stereocenters. The van der Waals surface area contributed by atoms with Crippen molar-refractivity contribution in [3.8, 4) is 16.9 Å². The van der Waals surface area contributed by atoms with Gasteiger partial charge in [-0.3, -0.25) is 0 Å². The minimum absolute atomic E-state index is 0.177. The van der Waals surface area contributed by atoms with Crippen molar-refractivity contribution in [1.29, 1.82) is 0 Å². The number of rotatable bonds is 8. The van der Waals surface area contributed by atoms with Gasteiger partial charge in [-0.15, -0.1) is 13.2 Å². The first kappa shape index (κ1) is 26.6. The van der Waals surface area contributed by atoms with Gasteiger partial charge in [0.15, 0.2) is 11.6 Å². The van der Waals surface area contributed by atoms with Gasteiger partial charge in [0.2, 0.25) is 0 Å². The largest absolute Gasteiger partial charge is 0.573 e. The highest BCUT2D eigenvalue weighted by Crippen LogP contribution is 2.39. The number of ether oxygens (including phenoxy) is 1. The molecule has 1 nitrogen and oxygen atoms in total. The van der Waals surface area contributed by atoms with E-state index in [1.165, 1.54) is 56.6 Å². The molecule has 2 aromatic rings. The summed E-state index contributed by atoms with van der Waals surface area (Å²) in [6.45, 7) is 2.23. The molecule has 0 aliphatic heterocycles. The summed E-state index contributed by atoms with van der Waals surface area (Å²) in [5.41, 5.74) is 1.40. The van der Waals surface area contributed by atoms with Crippen LogP contribution in [-0.2, 0) is 6.42 Å². The van der Waals surface area contributed by atoms with Crippen molar-refractivity contribution < 1.29 is 31.1 Å². The zero-order valence-corrected chi connectivity index (χ0v) is 20.5. The van der Waals surface area contributed by atoms with Crippen molar-refractivity contribution in [2.75, 3.05) is 0 Å². The van der Waals surface area contributed by atoms with Gasteiger partial charge in [-0.25, -0.2) is 13.2 Å². The number of fused-ring (bicyclic) bond motifs is 1. The van der Waals surface area contributed by atoms with Crippen LogP contribution in [0.4, 0.5) is 26.3 Å². The Morgan fingerprint density at radius 3 is 2.22 bits per heavy atom. The molecule has 1 fully saturated rings. The Labute approximate surface area is 208 Å². The Hall–Kier alpha value is -2.44. The third-order valence-electron chi connectivity index (χ3n) is 7.66. The lowest BCUT2D eigenvalue weighted by molar-refractivity contribution is -0.275. The summed E-state index contributed by atoms with van der Waals surface area (Å²) in [6.07, 6.45) is 8.90. The number of allylic oxidation sites excluding steroid dienone is 1. The third-order valence-corrected chi connectivity index (χ3v) is 7.66. The number of unbranched alkanes of at least 4 members (excludes halogenated alkanes) is 1. The highest BCUT2D eigenvalue weighted by atomic mass is 19.4. The van der Waals surface area contributed by atoms with Crippen LogP contribution in [0.15, 0.2) is 29.8 Å². The fraction of sp³-hybridized carbons (Fsp3) is 0.517. The average molecular weight is 511 g/mol. The second-order valence-corrected chi connectivity index (χ2v) is 10.2. The Bertz CT molecular complexity index is 1100. The fourth-order valence-electron chi connectivity index (χ4n) is 5.66. The molecular formula is C29H32F6O. The lowest BCUT2D eigenvalue weighted by atomic mass is 9.77. The van der Waals surface area contributed by atoms with Crippen molar-refractivity contribution in [2.45, 2.75) is 83.9 Å². The summed E-state index contributed by atoms with van der Waals surface area (Å²) in [4.78, 5) is 0. The molecule has 4 rings (SSSR count). The van der Waals surface area contributed by atoms with E-state index in [0.717, 1.165) is 30.9 Å². The molecule has 2 aromatic carbocycles. The zero-order valence-electron chi connectivity index (χ0n) is 20.5. The van der Waals surface area contributed by atoms with Crippen molar-refractivity contribution in [1.82, 2.24) is 0 Å². The summed E-state index contributed by atoms with van der Waals surface area (Å²) in [6, 6.07) is 3.66. The van der Waals surface area contributed by atoms with E-state index in [9.17, 15) is 22.0 Å². The SMILES string of the molecule is CCCCC1CCC(CCC2=Cc3cc(F)c(-c4ccc(OC(F)(F)F)c(F)c4)c(F)c3CC2)CC1. The predicted octanol–water partition coefficient (Wildman–Crippen LogP) is 9.78. The zero-order chi connectivity index (χ0) is 25.9. The first-order valence-corrected chi connectivity index (χ1v) is 12.9. The quantitative estimate of drug-likeness (QED) is 0.321. The van der Waals surface area contributed by atoms with Crippen LogP contribution in [0.3, 0.4) is 0 Å². The van der Waals surface area contributed by atoms with Crippen LogP contribution in [0.2, 0.25) is 0 Å². The van der Waals surface area contributed by atoms with Gasteiger partial charge in [-0.2, -0.15) is 0 Å². The fourth-order valence-corrected chi connectivity index (χ4v) is 5.66. The van der Waals surface area contributed by atoms with Crippen LogP contribution in [-0.4, -0.2) is 6.36 Å². The monoisotopic (exact) mass is 510 g/mol. The second-order valence-electron chi connectivity index (χ2n) is 10.2. The summed E-state index contributed by atoms with van der Waals surface area (Å²) in [5, 5.41) is 0. The molecule has 196 valence electrons. The number of halogens is 6. The van der Waals surface area contributed by atoms with Gasteiger partial charge in [0.25, 0.3) is 0 Å². The molecule has 0 atom stereocenters. The van der Waals surface area contributed by atoms with Gasteiger partial charge in [-0.05, 0) is 72.4 Å². The van der Waals surface area contributed by atoms with E-state index in [4.69, 9.17) is 0 Å². The molecular weight excluding hydrogens is 478 g/mol. The number of hydrogen-bond donors (Lipinski definition) is 0. The van der Waals surface area contributed by atoms with Crippen molar-refractivity contribution in [3.05, 3.63) is 58.4 Å². The lowest BCUT2D eigenvalue weighted by Gasteiger charge is -2.29. The highest BCUT2D eigenvalue weighted by molar-refractivity contribution is 5.71. The van der Waals surface area contributed by atoms with Crippen LogP contribution < -0.4 is 4.74 Å². The van der Waals surface area contributed by atoms with Crippen LogP contribution in [0, 0.1) is 29.3 Å². The first-order valence-electron chi connectivity index (χ1n) is 12.9. The molecule has 0 saturated heterocycles. The molecule has 2 aliphatic rings. The van der Waals surface area contributed by atoms with E-state index in [2.05, 4.69) is 11.7 Å². The van der Waals surface area contributed by atoms with Crippen LogP contribution in [0.25, 0.3) is 17.2 Å². The van der Waals surface area contributed by atoms with E-state index >= 15 is 4.39 Å². The van der Waals surface area contributed by atoms with E-state index in [1.807, 2.05) is 6.08 Å². The number of alkyl halides is 3. The van der Waals surface area contributed by atoms with E-state index < -0.39 is 35.1 Å². The maximum Gasteiger partial charge on any atom is 0.573 e. The normalized spacial score (nSPS) is 20.1.